The first-order valence-corrected chi connectivity index (χ1v) is 3.93. The van der Waals surface area contributed by atoms with Gasteiger partial charge in [0.1, 0.15) is 0 Å². The van der Waals surface area contributed by atoms with Crippen molar-refractivity contribution in [3.63, 3.8) is 0 Å². The van der Waals surface area contributed by atoms with Crippen LogP contribution in [0.3, 0.4) is 0 Å². The first-order chi connectivity index (χ1) is 4.38. The second-order valence-corrected chi connectivity index (χ2v) is 3.54. The SMILES string of the molecule is [2H]C1([2H])C(C)=CCS1(=O)=O. The van der Waals surface area contributed by atoms with Gasteiger partial charge in [0.05, 0.1) is 11.5 Å². The molecule has 0 unspecified atom stereocenters. The summed E-state index contributed by atoms with van der Waals surface area (Å²) in [6, 6.07) is 0. The van der Waals surface area contributed by atoms with E-state index in [4.69, 9.17) is 2.74 Å². The first-order valence-electron chi connectivity index (χ1n) is 3.27. The Bertz CT molecular complexity index is 276. The van der Waals surface area contributed by atoms with E-state index in [1.165, 1.54) is 13.0 Å². The lowest BCUT2D eigenvalue weighted by molar-refractivity contribution is 0.603. The Morgan fingerprint density at radius 1 is 1.88 bits per heavy atom. The fraction of sp³-hybridized carbons (Fsp3) is 0.600. The minimum absolute atomic E-state index is 0.161. The molecule has 1 aliphatic heterocycles. The Kier molecular flexibility index (Phi) is 0.726. The van der Waals surface area contributed by atoms with E-state index in [0.717, 1.165) is 0 Å². The van der Waals surface area contributed by atoms with Crippen molar-refractivity contribution in [2.24, 2.45) is 0 Å². The number of hydrogen-bond donors (Lipinski definition) is 0. The Morgan fingerprint density at radius 3 is 2.62 bits per heavy atom. The van der Waals surface area contributed by atoms with Gasteiger partial charge in [-0.05, 0) is 6.92 Å². The summed E-state index contributed by atoms with van der Waals surface area (Å²) in [5.41, 5.74) is -1.82. The summed E-state index contributed by atoms with van der Waals surface area (Å²) in [5.74, 6) is -0.161. The van der Waals surface area contributed by atoms with E-state index in [9.17, 15) is 8.42 Å². The van der Waals surface area contributed by atoms with Gasteiger partial charge in [0.25, 0.3) is 0 Å². The minimum Gasteiger partial charge on any atom is -0.228 e. The molecular formula is C5H8O2S. The molecule has 0 bridgehead atoms. The smallest absolute Gasteiger partial charge is 0.157 e. The Balaban J connectivity index is 3.21. The molecule has 2 nitrogen and oxygen atoms in total. The predicted molar refractivity (Wildman–Crippen MR) is 32.4 cm³/mol. The summed E-state index contributed by atoms with van der Waals surface area (Å²) in [7, 11) is -3.53. The van der Waals surface area contributed by atoms with E-state index < -0.39 is 15.5 Å². The highest BCUT2D eigenvalue weighted by Crippen LogP contribution is 2.08. The van der Waals surface area contributed by atoms with Gasteiger partial charge in [0, 0.05) is 2.74 Å². The molecule has 3 heteroatoms. The van der Waals surface area contributed by atoms with Gasteiger partial charge >= 0.3 is 0 Å². The van der Waals surface area contributed by atoms with Gasteiger partial charge in [-0.2, -0.15) is 0 Å². The molecule has 0 aromatic carbocycles. The molecule has 1 aliphatic rings. The predicted octanol–water partition coefficient (Wildman–Crippen LogP) is 0.361. The van der Waals surface area contributed by atoms with Crippen LogP contribution in [0.1, 0.15) is 9.67 Å². The van der Waals surface area contributed by atoms with Crippen LogP contribution >= 0.6 is 0 Å². The molecule has 0 fully saturated rings. The van der Waals surface area contributed by atoms with E-state index in [2.05, 4.69) is 0 Å². The third kappa shape index (κ3) is 1.10. The number of rotatable bonds is 0. The molecule has 0 atom stereocenters. The zero-order valence-corrected chi connectivity index (χ0v) is 5.33. The normalized spacial score (nSPS) is 35.4. The van der Waals surface area contributed by atoms with Crippen molar-refractivity contribution in [1.82, 2.24) is 0 Å². The van der Waals surface area contributed by atoms with Crippen molar-refractivity contribution in [1.29, 1.82) is 0 Å². The summed E-state index contributed by atoms with van der Waals surface area (Å²) < 4.78 is 35.9. The second-order valence-electron chi connectivity index (χ2n) is 1.77. The first kappa shape index (κ1) is 3.67. The number of hydrogen-bond acceptors (Lipinski definition) is 2. The van der Waals surface area contributed by atoms with Gasteiger partial charge in [0.15, 0.2) is 9.84 Å². The summed E-state index contributed by atoms with van der Waals surface area (Å²) in [6.07, 6.45) is 1.41. The molecule has 46 valence electrons. The lowest BCUT2D eigenvalue weighted by Crippen LogP contribution is -2.01. The van der Waals surface area contributed by atoms with Crippen LogP contribution in [0.25, 0.3) is 0 Å². The maximum atomic E-state index is 10.9. The molecule has 0 aromatic heterocycles. The van der Waals surface area contributed by atoms with Gasteiger partial charge in [-0.25, -0.2) is 8.42 Å². The quantitative estimate of drug-likeness (QED) is 0.448. The van der Waals surface area contributed by atoms with Crippen LogP contribution in [0.15, 0.2) is 11.6 Å². The van der Waals surface area contributed by atoms with Crippen molar-refractivity contribution in [3.8, 4) is 0 Å². The maximum Gasteiger partial charge on any atom is 0.157 e. The molecule has 0 saturated heterocycles. The molecule has 0 amide bonds. The molecular weight excluding hydrogens is 124 g/mol. The molecule has 0 N–H and O–H groups in total. The van der Waals surface area contributed by atoms with Crippen LogP contribution in [0.2, 0.25) is 0 Å². The molecule has 0 saturated carbocycles. The van der Waals surface area contributed by atoms with Crippen LogP contribution in [0.5, 0.6) is 0 Å². The zero-order chi connectivity index (χ0) is 7.99. The van der Waals surface area contributed by atoms with E-state index in [-0.39, 0.29) is 5.75 Å². The minimum atomic E-state index is -3.53. The van der Waals surface area contributed by atoms with E-state index in [1.807, 2.05) is 0 Å². The van der Waals surface area contributed by atoms with Gasteiger partial charge in [-0.1, -0.05) is 11.6 Å². The van der Waals surface area contributed by atoms with Gasteiger partial charge in [0.2, 0.25) is 0 Å². The summed E-state index contributed by atoms with van der Waals surface area (Å²) in [6.45, 7) is 1.49. The van der Waals surface area contributed by atoms with Gasteiger partial charge < -0.3 is 0 Å². The average Bonchev–Trinajstić information content (AvgIpc) is 1.94. The van der Waals surface area contributed by atoms with Crippen LogP contribution in [0, 0.1) is 0 Å². The third-order valence-electron chi connectivity index (χ3n) is 0.925. The lowest BCUT2D eigenvalue weighted by Gasteiger charge is -1.86. The van der Waals surface area contributed by atoms with E-state index >= 15 is 0 Å². The average molecular weight is 134 g/mol. The van der Waals surface area contributed by atoms with E-state index in [1.54, 1.807) is 0 Å². The van der Waals surface area contributed by atoms with Crippen molar-refractivity contribution in [2.75, 3.05) is 11.5 Å². The van der Waals surface area contributed by atoms with Crippen molar-refractivity contribution < 1.29 is 11.2 Å². The van der Waals surface area contributed by atoms with Gasteiger partial charge in [-0.3, -0.25) is 0 Å². The summed E-state index contributed by atoms with van der Waals surface area (Å²) >= 11 is 0. The van der Waals surface area contributed by atoms with Crippen LogP contribution in [-0.2, 0) is 9.84 Å². The highest BCUT2D eigenvalue weighted by atomic mass is 32.2. The second kappa shape index (κ2) is 1.58. The molecule has 0 aromatic rings. The topological polar surface area (TPSA) is 34.1 Å². The summed E-state index contributed by atoms with van der Waals surface area (Å²) in [5, 5.41) is 0. The van der Waals surface area contributed by atoms with Crippen LogP contribution in [0.4, 0.5) is 0 Å². The highest BCUT2D eigenvalue weighted by molar-refractivity contribution is 7.92. The standard InChI is InChI=1S/C5H8O2S/c1-5-2-3-8(6,7)4-5/h2H,3-4H2,1H3/i4D2. The Hall–Kier alpha value is -0.310. The highest BCUT2D eigenvalue weighted by Gasteiger charge is 2.15. The van der Waals surface area contributed by atoms with Crippen molar-refractivity contribution in [3.05, 3.63) is 11.6 Å². The Labute approximate surface area is 51.9 Å². The molecule has 0 spiro atoms. The summed E-state index contributed by atoms with van der Waals surface area (Å²) in [4.78, 5) is 0. The third-order valence-corrected chi connectivity index (χ3v) is 2.16. The lowest BCUT2D eigenvalue weighted by atomic mass is 10.3. The van der Waals surface area contributed by atoms with Crippen molar-refractivity contribution in [2.45, 2.75) is 6.92 Å². The zero-order valence-electron chi connectivity index (χ0n) is 6.51. The maximum absolute atomic E-state index is 10.9. The molecule has 1 rings (SSSR count). The van der Waals surface area contributed by atoms with Crippen LogP contribution < -0.4 is 0 Å². The molecule has 1 heterocycles. The number of sulfone groups is 1. The fourth-order valence-electron chi connectivity index (χ4n) is 0.563. The molecule has 0 radical (unpaired) electrons. The fourth-order valence-corrected chi connectivity index (χ4v) is 1.69. The monoisotopic (exact) mass is 134 g/mol. The largest absolute Gasteiger partial charge is 0.228 e. The van der Waals surface area contributed by atoms with E-state index in [0.29, 0.717) is 5.57 Å². The molecule has 8 heavy (non-hydrogen) atoms. The van der Waals surface area contributed by atoms with Crippen LogP contribution in [-0.4, -0.2) is 19.9 Å². The van der Waals surface area contributed by atoms with Gasteiger partial charge in [-0.15, -0.1) is 0 Å². The molecule has 0 aliphatic carbocycles. The van der Waals surface area contributed by atoms with Crippen molar-refractivity contribution >= 4 is 9.84 Å². The Morgan fingerprint density at radius 2 is 2.50 bits per heavy atom.